The van der Waals surface area contributed by atoms with Crippen molar-refractivity contribution in [2.45, 2.75) is 24.9 Å². The van der Waals surface area contributed by atoms with E-state index in [0.29, 0.717) is 6.54 Å². The highest BCUT2D eigenvalue weighted by atomic mass is 79.9. The zero-order valence-electron chi connectivity index (χ0n) is 11.6. The fourth-order valence-electron chi connectivity index (χ4n) is 3.10. The number of benzene rings is 1. The minimum Gasteiger partial charge on any atom is -0.329 e. The zero-order chi connectivity index (χ0) is 14.1. The van der Waals surface area contributed by atoms with Gasteiger partial charge in [-0.15, -0.1) is 0 Å². The number of nitrogens with zero attached hydrogens (tertiary/aromatic N) is 2. The molecule has 3 rings (SSSR count). The number of piperazine rings is 1. The van der Waals surface area contributed by atoms with Gasteiger partial charge >= 0.3 is 0 Å². The first kappa shape index (κ1) is 14.8. The normalized spacial score (nSPS) is 22.9. The Morgan fingerprint density at radius 1 is 1.25 bits per heavy atom. The van der Waals surface area contributed by atoms with Crippen LogP contribution in [0.2, 0.25) is 5.02 Å². The SMILES string of the molecule is NCC(c1cc(Br)ccc1Cl)N1CCN(C2CC2)CC1. The molecule has 1 heterocycles. The van der Waals surface area contributed by atoms with E-state index in [-0.39, 0.29) is 6.04 Å². The molecule has 1 aromatic rings. The van der Waals surface area contributed by atoms with E-state index < -0.39 is 0 Å². The van der Waals surface area contributed by atoms with Crippen molar-refractivity contribution < 1.29 is 0 Å². The third-order valence-corrected chi connectivity index (χ3v) is 5.23. The largest absolute Gasteiger partial charge is 0.329 e. The van der Waals surface area contributed by atoms with E-state index >= 15 is 0 Å². The molecule has 1 atom stereocenters. The lowest BCUT2D eigenvalue weighted by Crippen LogP contribution is -2.49. The van der Waals surface area contributed by atoms with Crippen LogP contribution in [0, 0.1) is 0 Å². The Hall–Kier alpha value is -0.130. The highest BCUT2D eigenvalue weighted by Gasteiger charge is 2.33. The van der Waals surface area contributed by atoms with Gasteiger partial charge in [-0.1, -0.05) is 27.5 Å². The topological polar surface area (TPSA) is 32.5 Å². The molecule has 2 N–H and O–H groups in total. The fourth-order valence-corrected chi connectivity index (χ4v) is 3.72. The van der Waals surface area contributed by atoms with Crippen molar-refractivity contribution in [3.05, 3.63) is 33.3 Å². The van der Waals surface area contributed by atoms with Crippen LogP contribution in [0.5, 0.6) is 0 Å². The van der Waals surface area contributed by atoms with Crippen molar-refractivity contribution in [1.82, 2.24) is 9.80 Å². The summed E-state index contributed by atoms with van der Waals surface area (Å²) in [5, 5.41) is 0.813. The summed E-state index contributed by atoms with van der Waals surface area (Å²) in [6.45, 7) is 5.10. The molecule has 1 saturated carbocycles. The smallest absolute Gasteiger partial charge is 0.0486 e. The number of nitrogens with two attached hydrogens (primary N) is 1. The van der Waals surface area contributed by atoms with E-state index in [1.165, 1.54) is 12.8 Å². The van der Waals surface area contributed by atoms with Gasteiger partial charge in [0.25, 0.3) is 0 Å². The Balaban J connectivity index is 1.71. The van der Waals surface area contributed by atoms with Crippen LogP contribution in [-0.2, 0) is 0 Å². The van der Waals surface area contributed by atoms with Crippen LogP contribution in [-0.4, -0.2) is 48.6 Å². The monoisotopic (exact) mass is 357 g/mol. The molecule has 1 saturated heterocycles. The van der Waals surface area contributed by atoms with Gasteiger partial charge in [0.05, 0.1) is 0 Å². The minimum atomic E-state index is 0.223. The summed E-state index contributed by atoms with van der Waals surface area (Å²) in [6.07, 6.45) is 2.77. The molecule has 0 spiro atoms. The predicted octanol–water partition coefficient (Wildman–Crippen LogP) is 2.88. The molecule has 1 aliphatic carbocycles. The molecule has 1 unspecified atom stereocenters. The molecule has 0 aromatic heterocycles. The number of hydrogen-bond acceptors (Lipinski definition) is 3. The van der Waals surface area contributed by atoms with E-state index in [2.05, 4.69) is 31.8 Å². The lowest BCUT2D eigenvalue weighted by molar-refractivity contribution is 0.0938. The average Bonchev–Trinajstić information content (AvgIpc) is 3.29. The van der Waals surface area contributed by atoms with Gasteiger partial charge in [0.2, 0.25) is 0 Å². The number of hydrogen-bond donors (Lipinski definition) is 1. The maximum Gasteiger partial charge on any atom is 0.0486 e. The van der Waals surface area contributed by atoms with Crippen molar-refractivity contribution >= 4 is 27.5 Å². The minimum absolute atomic E-state index is 0.223. The van der Waals surface area contributed by atoms with Gasteiger partial charge in [-0.05, 0) is 36.6 Å². The second-order valence-corrected chi connectivity index (χ2v) is 7.04. The summed E-state index contributed by atoms with van der Waals surface area (Å²) >= 11 is 9.89. The molecule has 3 nitrogen and oxygen atoms in total. The van der Waals surface area contributed by atoms with Crippen LogP contribution in [0.15, 0.2) is 22.7 Å². The molecular weight excluding hydrogens is 338 g/mol. The van der Waals surface area contributed by atoms with E-state index in [1.54, 1.807) is 0 Å². The molecule has 0 amide bonds. The molecule has 110 valence electrons. The maximum atomic E-state index is 6.36. The third-order valence-electron chi connectivity index (χ3n) is 4.39. The van der Waals surface area contributed by atoms with Gasteiger partial charge in [-0.3, -0.25) is 9.80 Å². The maximum absolute atomic E-state index is 6.36. The van der Waals surface area contributed by atoms with Crippen LogP contribution in [0.4, 0.5) is 0 Å². The second kappa shape index (κ2) is 6.32. The first-order valence-corrected chi connectivity index (χ1v) is 8.49. The Morgan fingerprint density at radius 2 is 1.95 bits per heavy atom. The first-order valence-electron chi connectivity index (χ1n) is 7.32. The van der Waals surface area contributed by atoms with E-state index in [0.717, 1.165) is 47.3 Å². The van der Waals surface area contributed by atoms with Gasteiger partial charge in [0.1, 0.15) is 0 Å². The lowest BCUT2D eigenvalue weighted by Gasteiger charge is -2.39. The molecule has 1 aliphatic heterocycles. The zero-order valence-corrected chi connectivity index (χ0v) is 13.9. The van der Waals surface area contributed by atoms with E-state index in [1.807, 2.05) is 12.1 Å². The van der Waals surface area contributed by atoms with Gasteiger partial charge in [-0.25, -0.2) is 0 Å². The molecule has 0 bridgehead atoms. The average molecular weight is 359 g/mol. The Labute approximate surface area is 134 Å². The lowest BCUT2D eigenvalue weighted by atomic mass is 10.0. The van der Waals surface area contributed by atoms with Crippen molar-refractivity contribution in [3.63, 3.8) is 0 Å². The standard InChI is InChI=1S/C15H21BrClN3/c16-11-1-4-14(17)13(9-11)15(10-18)20-7-5-19(6-8-20)12-2-3-12/h1,4,9,12,15H,2-3,5-8,10,18H2. The molecule has 2 aliphatic rings. The quantitative estimate of drug-likeness (QED) is 0.898. The molecule has 20 heavy (non-hydrogen) atoms. The fraction of sp³-hybridized carbons (Fsp3) is 0.600. The van der Waals surface area contributed by atoms with Crippen LogP contribution < -0.4 is 5.73 Å². The summed E-state index contributed by atoms with van der Waals surface area (Å²) in [5.41, 5.74) is 7.17. The summed E-state index contributed by atoms with van der Waals surface area (Å²) in [4.78, 5) is 5.10. The van der Waals surface area contributed by atoms with Gasteiger partial charge < -0.3 is 5.73 Å². The van der Waals surface area contributed by atoms with E-state index in [4.69, 9.17) is 17.3 Å². The summed E-state index contributed by atoms with van der Waals surface area (Å²) in [7, 11) is 0. The van der Waals surface area contributed by atoms with Crippen LogP contribution >= 0.6 is 27.5 Å². The summed E-state index contributed by atoms with van der Waals surface area (Å²) < 4.78 is 1.06. The molecule has 1 aromatic carbocycles. The van der Waals surface area contributed by atoms with E-state index in [9.17, 15) is 0 Å². The molecule has 5 heteroatoms. The third kappa shape index (κ3) is 3.20. The Bertz CT molecular complexity index is 470. The van der Waals surface area contributed by atoms with Crippen molar-refractivity contribution in [3.8, 4) is 0 Å². The number of halogens is 2. The predicted molar refractivity (Wildman–Crippen MR) is 87.1 cm³/mol. The first-order chi connectivity index (χ1) is 9.69. The van der Waals surface area contributed by atoms with Crippen molar-refractivity contribution in [2.24, 2.45) is 5.73 Å². The van der Waals surface area contributed by atoms with Crippen LogP contribution in [0.25, 0.3) is 0 Å². The van der Waals surface area contributed by atoms with Crippen LogP contribution in [0.1, 0.15) is 24.4 Å². The molecule has 0 radical (unpaired) electrons. The second-order valence-electron chi connectivity index (χ2n) is 5.72. The molecular formula is C15H21BrClN3. The summed E-state index contributed by atoms with van der Waals surface area (Å²) in [6, 6.07) is 7.12. The summed E-state index contributed by atoms with van der Waals surface area (Å²) in [5.74, 6) is 0. The highest BCUT2D eigenvalue weighted by Crippen LogP contribution is 2.32. The Morgan fingerprint density at radius 3 is 2.55 bits per heavy atom. The van der Waals surface area contributed by atoms with Crippen molar-refractivity contribution in [2.75, 3.05) is 32.7 Å². The van der Waals surface area contributed by atoms with Crippen molar-refractivity contribution in [1.29, 1.82) is 0 Å². The molecule has 2 fully saturated rings. The van der Waals surface area contributed by atoms with Gasteiger partial charge in [0.15, 0.2) is 0 Å². The van der Waals surface area contributed by atoms with Gasteiger partial charge in [-0.2, -0.15) is 0 Å². The van der Waals surface area contributed by atoms with Crippen LogP contribution in [0.3, 0.4) is 0 Å². The van der Waals surface area contributed by atoms with Gasteiger partial charge in [0, 0.05) is 54.3 Å². The highest BCUT2D eigenvalue weighted by molar-refractivity contribution is 9.10. The number of rotatable bonds is 4. The Kier molecular flexibility index (Phi) is 4.68.